The summed E-state index contributed by atoms with van der Waals surface area (Å²) in [5, 5.41) is 56.9. The molecule has 0 radical (unpaired) electrons. The highest BCUT2D eigenvalue weighted by Crippen LogP contribution is 2.54. The monoisotopic (exact) mass is 582 g/mol. The van der Waals surface area contributed by atoms with Gasteiger partial charge in [-0.05, 0) is 68.1 Å². The number of hydrogen-bond donors (Lipinski definition) is 5. The molecule has 13 heteroatoms. The number of aliphatic hydroxyl groups is 3. The summed E-state index contributed by atoms with van der Waals surface area (Å²) in [6.07, 6.45) is 1.25. The molecule has 2 aromatic rings. The van der Waals surface area contributed by atoms with E-state index in [1.165, 1.54) is 12.1 Å². The van der Waals surface area contributed by atoms with Crippen LogP contribution in [0.4, 0.5) is 11.6 Å². The number of anilines is 1. The molecule has 1 heterocycles. The van der Waals surface area contributed by atoms with E-state index in [1.807, 2.05) is 25.1 Å². The molecule has 0 bridgehead atoms. The van der Waals surface area contributed by atoms with Crippen molar-refractivity contribution in [2.24, 2.45) is 17.6 Å². The van der Waals surface area contributed by atoms with E-state index in [1.54, 1.807) is 19.0 Å². The van der Waals surface area contributed by atoms with Crippen LogP contribution in [0, 0.1) is 22.0 Å². The van der Waals surface area contributed by atoms with E-state index >= 15 is 0 Å². The van der Waals surface area contributed by atoms with Gasteiger partial charge in [0.05, 0.1) is 12.1 Å². The fourth-order valence-electron chi connectivity index (χ4n) is 6.90. The van der Waals surface area contributed by atoms with Gasteiger partial charge in [-0.2, -0.15) is 0 Å². The average Bonchev–Trinajstić information content (AvgIpc) is 3.39. The zero-order chi connectivity index (χ0) is 30.8. The van der Waals surface area contributed by atoms with E-state index in [9.17, 15) is 40.1 Å². The molecule has 0 saturated heterocycles. The maximum atomic E-state index is 13.3. The van der Waals surface area contributed by atoms with E-state index in [0.717, 1.165) is 11.3 Å². The van der Waals surface area contributed by atoms with E-state index in [2.05, 4.69) is 0 Å². The maximum Gasteiger partial charge on any atom is 0.433 e. The number of ketones is 1. The van der Waals surface area contributed by atoms with Gasteiger partial charge in [0.1, 0.15) is 33.5 Å². The number of hydrogen-bond acceptors (Lipinski definition) is 11. The largest absolute Gasteiger partial charge is 0.509 e. The standard InChI is InChI=1S/C29H34N4O9/c1-31(2)20-11-13(5-6-15-7-8-21(42-15)33(40)41)24(34)18-12-16-14(9-17(18)20)10-19-23(32(3)4)25(35)22(28(30)38)27(37)29(19,39)26(16)36/h7-8,11,14,19,23,34,36-37,39H,5-6,9-10,12H2,1-4H3,(H2,30,38)/t14-,19?,23-,29-/m1/s1. The smallest absolute Gasteiger partial charge is 0.433 e. The summed E-state index contributed by atoms with van der Waals surface area (Å²) in [4.78, 5) is 39.2. The average molecular weight is 583 g/mol. The molecule has 5 rings (SSSR count). The quantitative estimate of drug-likeness (QED) is 0.181. The van der Waals surface area contributed by atoms with Crippen LogP contribution < -0.4 is 10.6 Å². The SMILES string of the molecule is CN(C)c1cc(CCc2ccc([N+](=O)[O-])o2)c(O)c2c1C[C@@H]1CC3[C@@H](N(C)C)C(=O)C(C(N)=O)=C(O)[C@]3(O)C(O)=C1C2. The number of furan rings is 1. The molecule has 1 unspecified atom stereocenters. The van der Waals surface area contributed by atoms with Crippen LogP contribution in [0.2, 0.25) is 0 Å². The summed E-state index contributed by atoms with van der Waals surface area (Å²) in [6, 6.07) is 3.62. The third-order valence-corrected chi connectivity index (χ3v) is 8.87. The molecule has 0 fully saturated rings. The number of carbonyl (C=O) groups excluding carboxylic acids is 2. The molecule has 3 aliphatic carbocycles. The molecule has 1 aromatic carbocycles. The van der Waals surface area contributed by atoms with E-state index < -0.39 is 51.3 Å². The van der Waals surface area contributed by atoms with Crippen molar-refractivity contribution in [2.45, 2.75) is 43.7 Å². The third kappa shape index (κ3) is 4.31. The molecule has 42 heavy (non-hydrogen) atoms. The lowest BCUT2D eigenvalue weighted by Crippen LogP contribution is -2.62. The normalized spacial score (nSPS) is 25.3. The molecule has 0 spiro atoms. The van der Waals surface area contributed by atoms with Crippen molar-refractivity contribution in [1.82, 2.24) is 4.90 Å². The van der Waals surface area contributed by atoms with Crippen LogP contribution in [-0.4, -0.2) is 81.8 Å². The zero-order valence-electron chi connectivity index (χ0n) is 23.7. The summed E-state index contributed by atoms with van der Waals surface area (Å²) in [7, 11) is 6.96. The zero-order valence-corrected chi connectivity index (χ0v) is 23.7. The molecule has 1 aromatic heterocycles. The molecule has 1 amide bonds. The van der Waals surface area contributed by atoms with Crippen molar-refractivity contribution in [3.05, 3.63) is 73.4 Å². The topological polar surface area (TPSA) is 204 Å². The maximum absolute atomic E-state index is 13.3. The van der Waals surface area contributed by atoms with Crippen LogP contribution in [0.25, 0.3) is 0 Å². The van der Waals surface area contributed by atoms with Crippen LogP contribution in [0.5, 0.6) is 5.75 Å². The van der Waals surface area contributed by atoms with Crippen molar-refractivity contribution >= 4 is 23.3 Å². The lowest BCUT2D eigenvalue weighted by atomic mass is 9.59. The van der Waals surface area contributed by atoms with Crippen molar-refractivity contribution < 1.29 is 39.4 Å². The molecule has 0 aliphatic heterocycles. The minimum atomic E-state index is -2.41. The van der Waals surface area contributed by atoms with Gasteiger partial charge in [-0.1, -0.05) is 0 Å². The van der Waals surface area contributed by atoms with Crippen LogP contribution >= 0.6 is 0 Å². The third-order valence-electron chi connectivity index (χ3n) is 8.87. The lowest BCUT2D eigenvalue weighted by molar-refractivity contribution is -0.402. The van der Waals surface area contributed by atoms with E-state index in [4.69, 9.17) is 10.2 Å². The fourth-order valence-corrected chi connectivity index (χ4v) is 6.90. The first-order valence-electron chi connectivity index (χ1n) is 13.5. The Labute approximate surface area is 241 Å². The Morgan fingerprint density at radius 2 is 1.83 bits per heavy atom. The van der Waals surface area contributed by atoms with Crippen LogP contribution in [0.3, 0.4) is 0 Å². The first-order valence-corrected chi connectivity index (χ1v) is 13.5. The predicted octanol–water partition coefficient (Wildman–Crippen LogP) is 1.83. The number of nitro groups is 1. The molecular formula is C29H34N4O9. The number of phenols is 1. The lowest BCUT2D eigenvalue weighted by Gasteiger charge is -2.51. The molecule has 13 nitrogen and oxygen atoms in total. The number of likely N-dealkylation sites (N-methyl/N-ethyl adjacent to an activating group) is 1. The number of allylic oxidation sites excluding steroid dienone is 1. The second-order valence-corrected chi connectivity index (χ2v) is 11.7. The van der Waals surface area contributed by atoms with Gasteiger partial charge in [-0.3, -0.25) is 24.6 Å². The van der Waals surface area contributed by atoms with E-state index in [0.29, 0.717) is 41.7 Å². The summed E-state index contributed by atoms with van der Waals surface area (Å²) >= 11 is 0. The van der Waals surface area contributed by atoms with Gasteiger partial charge < -0.3 is 35.5 Å². The number of carbonyl (C=O) groups is 2. The summed E-state index contributed by atoms with van der Waals surface area (Å²) in [6.45, 7) is 0. The molecule has 6 N–H and O–H groups in total. The Morgan fingerprint density at radius 3 is 2.40 bits per heavy atom. The van der Waals surface area contributed by atoms with Gasteiger partial charge in [-0.25, -0.2) is 0 Å². The van der Waals surface area contributed by atoms with Crippen molar-refractivity contribution in [3.8, 4) is 5.75 Å². The Morgan fingerprint density at radius 1 is 1.14 bits per heavy atom. The van der Waals surface area contributed by atoms with Crippen molar-refractivity contribution in [3.63, 3.8) is 0 Å². The number of nitrogens with two attached hydrogens (primary N) is 1. The minimum absolute atomic E-state index is 0.00732. The number of amides is 1. The highest BCUT2D eigenvalue weighted by Gasteiger charge is 2.61. The number of Topliss-reactive ketones (excluding diaryl/α,β-unsaturated/α-hetero) is 1. The van der Waals surface area contributed by atoms with Gasteiger partial charge in [0.25, 0.3) is 5.91 Å². The number of phenolic OH excluding ortho intramolecular Hbond substituents is 1. The first-order chi connectivity index (χ1) is 19.7. The number of primary amides is 1. The number of rotatable bonds is 7. The van der Waals surface area contributed by atoms with Crippen LogP contribution in [0.1, 0.15) is 28.9 Å². The Balaban J connectivity index is 1.59. The van der Waals surface area contributed by atoms with Gasteiger partial charge >= 0.3 is 5.88 Å². The van der Waals surface area contributed by atoms with Crippen molar-refractivity contribution in [2.75, 3.05) is 33.1 Å². The number of benzene rings is 1. The summed E-state index contributed by atoms with van der Waals surface area (Å²) < 4.78 is 5.26. The van der Waals surface area contributed by atoms with Gasteiger partial charge in [0, 0.05) is 44.1 Å². The predicted molar refractivity (Wildman–Crippen MR) is 150 cm³/mol. The second kappa shape index (κ2) is 10.2. The molecular weight excluding hydrogens is 548 g/mol. The number of fused-ring (bicyclic) bond motifs is 3. The van der Waals surface area contributed by atoms with Crippen LogP contribution in [0.15, 0.2) is 45.3 Å². The van der Waals surface area contributed by atoms with Gasteiger partial charge in [0.15, 0.2) is 11.4 Å². The fraction of sp³-hybridized carbons (Fsp3) is 0.448. The van der Waals surface area contributed by atoms with Gasteiger partial charge in [-0.15, -0.1) is 0 Å². The van der Waals surface area contributed by atoms with E-state index in [-0.39, 0.29) is 30.4 Å². The number of aryl methyl sites for hydroxylation is 2. The highest BCUT2D eigenvalue weighted by molar-refractivity contribution is 6.22. The number of aromatic hydroxyl groups is 1. The molecule has 0 saturated carbocycles. The molecule has 3 aliphatic rings. The number of nitrogens with zero attached hydrogens (tertiary/aromatic N) is 3. The van der Waals surface area contributed by atoms with Gasteiger partial charge in [0.2, 0.25) is 0 Å². The minimum Gasteiger partial charge on any atom is -0.509 e. The summed E-state index contributed by atoms with van der Waals surface area (Å²) in [5.41, 5.74) is 5.44. The highest BCUT2D eigenvalue weighted by atomic mass is 16.6. The molecule has 4 atom stereocenters. The molecule has 224 valence electrons. The Bertz CT molecular complexity index is 1570. The first kappa shape index (κ1) is 29.1. The second-order valence-electron chi connectivity index (χ2n) is 11.7. The van der Waals surface area contributed by atoms with Crippen LogP contribution in [-0.2, 0) is 35.3 Å². The van der Waals surface area contributed by atoms with Crippen molar-refractivity contribution in [1.29, 1.82) is 0 Å². The summed E-state index contributed by atoms with van der Waals surface area (Å²) in [5.74, 6) is -4.71. The number of aliphatic hydroxyl groups excluding tert-OH is 2. The Hall–Kier alpha value is -4.36. The Kier molecular flexibility index (Phi) is 7.06.